The topological polar surface area (TPSA) is 102 Å². The van der Waals surface area contributed by atoms with E-state index in [0.717, 1.165) is 5.56 Å². The molecule has 9 heteroatoms. The molecular weight excluding hydrogens is 408 g/mol. The van der Waals surface area contributed by atoms with Crippen molar-refractivity contribution in [2.75, 3.05) is 19.5 Å². The SMILES string of the molecule is COc1ccc(S(=O)(=O)N2C(=O)CC[C@H]2C(=O)Nc2cc(C)ccc2OC)cc1C. The van der Waals surface area contributed by atoms with Crippen LogP contribution < -0.4 is 14.8 Å². The van der Waals surface area contributed by atoms with Gasteiger partial charge in [-0.05, 0) is 61.7 Å². The molecule has 2 amide bonds. The van der Waals surface area contributed by atoms with Gasteiger partial charge < -0.3 is 14.8 Å². The minimum atomic E-state index is -4.21. The maximum Gasteiger partial charge on any atom is 0.267 e. The maximum absolute atomic E-state index is 13.2. The predicted octanol–water partition coefficient (Wildman–Crippen LogP) is 2.64. The summed E-state index contributed by atoms with van der Waals surface area (Å²) in [4.78, 5) is 25.3. The molecule has 0 saturated carbocycles. The molecule has 1 N–H and O–H groups in total. The second-order valence-corrected chi connectivity index (χ2v) is 8.89. The van der Waals surface area contributed by atoms with Crippen LogP contribution in [0.15, 0.2) is 41.3 Å². The fourth-order valence-corrected chi connectivity index (χ4v) is 5.15. The van der Waals surface area contributed by atoms with E-state index in [4.69, 9.17) is 9.47 Å². The van der Waals surface area contributed by atoms with Gasteiger partial charge in [0.2, 0.25) is 11.8 Å². The van der Waals surface area contributed by atoms with Crippen LogP contribution in [0.5, 0.6) is 11.5 Å². The lowest BCUT2D eigenvalue weighted by Crippen LogP contribution is -2.45. The smallest absolute Gasteiger partial charge is 0.267 e. The van der Waals surface area contributed by atoms with Crippen molar-refractivity contribution in [3.63, 3.8) is 0 Å². The van der Waals surface area contributed by atoms with E-state index in [9.17, 15) is 18.0 Å². The van der Waals surface area contributed by atoms with Crippen LogP contribution in [0.3, 0.4) is 0 Å². The molecule has 30 heavy (non-hydrogen) atoms. The van der Waals surface area contributed by atoms with E-state index in [0.29, 0.717) is 27.1 Å². The Balaban J connectivity index is 1.93. The molecule has 1 aliphatic heterocycles. The first-order valence-corrected chi connectivity index (χ1v) is 10.8. The first kappa shape index (κ1) is 21.6. The monoisotopic (exact) mass is 432 g/mol. The van der Waals surface area contributed by atoms with Crippen molar-refractivity contribution in [2.45, 2.75) is 37.6 Å². The second kappa shape index (κ2) is 8.35. The Morgan fingerprint density at radius 2 is 1.73 bits per heavy atom. The normalized spacial score (nSPS) is 16.5. The molecule has 1 atom stereocenters. The molecule has 3 rings (SSSR count). The van der Waals surface area contributed by atoms with Gasteiger partial charge in [-0.2, -0.15) is 0 Å². The highest BCUT2D eigenvalue weighted by Gasteiger charge is 2.44. The Hall–Kier alpha value is -3.07. The van der Waals surface area contributed by atoms with Gasteiger partial charge in [-0.1, -0.05) is 6.07 Å². The molecule has 2 aromatic rings. The molecule has 0 aliphatic carbocycles. The quantitative estimate of drug-likeness (QED) is 0.753. The fraction of sp³-hybridized carbons (Fsp3) is 0.333. The molecular formula is C21H24N2O6S. The van der Waals surface area contributed by atoms with E-state index in [-0.39, 0.29) is 17.7 Å². The van der Waals surface area contributed by atoms with Crippen molar-refractivity contribution in [2.24, 2.45) is 0 Å². The number of sulfonamides is 1. The average Bonchev–Trinajstić information content (AvgIpc) is 3.10. The zero-order chi connectivity index (χ0) is 22.1. The molecule has 160 valence electrons. The Bertz CT molecular complexity index is 1100. The van der Waals surface area contributed by atoms with Crippen LogP contribution in [0, 0.1) is 13.8 Å². The standard InChI is InChI=1S/C21H24N2O6S/c1-13-5-8-19(29-4)16(11-13)22-21(25)17-7-10-20(24)23(17)30(26,27)15-6-9-18(28-3)14(2)12-15/h5-6,8-9,11-12,17H,7,10H2,1-4H3,(H,22,25)/t17-/m0/s1. The van der Waals surface area contributed by atoms with Gasteiger partial charge >= 0.3 is 0 Å². The van der Waals surface area contributed by atoms with Gasteiger partial charge in [-0.25, -0.2) is 12.7 Å². The Labute approximate surface area is 175 Å². The maximum atomic E-state index is 13.2. The van der Waals surface area contributed by atoms with Gasteiger partial charge in [0.15, 0.2) is 0 Å². The average molecular weight is 432 g/mol. The minimum absolute atomic E-state index is 0.0304. The summed E-state index contributed by atoms with van der Waals surface area (Å²) in [5.41, 5.74) is 1.92. The summed E-state index contributed by atoms with van der Waals surface area (Å²) in [5.74, 6) is -0.223. The van der Waals surface area contributed by atoms with E-state index in [1.165, 1.54) is 32.4 Å². The lowest BCUT2D eigenvalue weighted by atomic mass is 10.1. The molecule has 8 nitrogen and oxygen atoms in total. The van der Waals surface area contributed by atoms with E-state index in [1.54, 1.807) is 19.1 Å². The number of ether oxygens (including phenoxy) is 2. The lowest BCUT2D eigenvalue weighted by molar-refractivity contribution is -0.128. The van der Waals surface area contributed by atoms with Gasteiger partial charge in [0.1, 0.15) is 17.5 Å². The van der Waals surface area contributed by atoms with E-state index in [1.807, 2.05) is 13.0 Å². The predicted molar refractivity (Wildman–Crippen MR) is 111 cm³/mol. The number of rotatable bonds is 6. The van der Waals surface area contributed by atoms with Crippen molar-refractivity contribution in [1.29, 1.82) is 0 Å². The molecule has 0 aromatic heterocycles. The highest BCUT2D eigenvalue weighted by atomic mass is 32.2. The summed E-state index contributed by atoms with van der Waals surface area (Å²) < 4.78 is 37.5. The van der Waals surface area contributed by atoms with Crippen LogP contribution in [0.2, 0.25) is 0 Å². The largest absolute Gasteiger partial charge is 0.496 e. The summed E-state index contributed by atoms with van der Waals surface area (Å²) in [7, 11) is -1.25. The number of carbonyl (C=O) groups excluding carboxylic acids is 2. The van der Waals surface area contributed by atoms with Crippen molar-refractivity contribution in [3.05, 3.63) is 47.5 Å². The number of hydrogen-bond donors (Lipinski definition) is 1. The summed E-state index contributed by atoms with van der Waals surface area (Å²) in [6.45, 7) is 3.56. The fourth-order valence-electron chi connectivity index (χ4n) is 3.46. The van der Waals surface area contributed by atoms with Crippen molar-refractivity contribution >= 4 is 27.5 Å². The van der Waals surface area contributed by atoms with Crippen molar-refractivity contribution in [3.8, 4) is 11.5 Å². The summed E-state index contributed by atoms with van der Waals surface area (Å²) in [6, 6.07) is 8.43. The number of nitrogens with zero attached hydrogens (tertiary/aromatic N) is 1. The lowest BCUT2D eigenvalue weighted by Gasteiger charge is -2.24. The minimum Gasteiger partial charge on any atom is -0.496 e. The molecule has 1 saturated heterocycles. The van der Waals surface area contributed by atoms with Gasteiger partial charge in [0, 0.05) is 6.42 Å². The number of amides is 2. The molecule has 1 aliphatic rings. The van der Waals surface area contributed by atoms with Crippen LogP contribution in [0.1, 0.15) is 24.0 Å². The van der Waals surface area contributed by atoms with Gasteiger partial charge in [-0.15, -0.1) is 0 Å². The number of aryl methyl sites for hydroxylation is 2. The van der Waals surface area contributed by atoms with Crippen LogP contribution in [-0.4, -0.2) is 44.8 Å². The third kappa shape index (κ3) is 3.97. The Kier molecular flexibility index (Phi) is 6.02. The summed E-state index contributed by atoms with van der Waals surface area (Å²) in [5, 5.41) is 2.71. The first-order valence-electron chi connectivity index (χ1n) is 9.36. The molecule has 0 spiro atoms. The molecule has 0 radical (unpaired) electrons. The third-order valence-electron chi connectivity index (χ3n) is 5.00. The van der Waals surface area contributed by atoms with Gasteiger partial charge in [0.25, 0.3) is 10.0 Å². The zero-order valence-corrected chi connectivity index (χ0v) is 18.1. The van der Waals surface area contributed by atoms with E-state index < -0.39 is 27.9 Å². The second-order valence-electron chi connectivity index (χ2n) is 7.07. The highest BCUT2D eigenvalue weighted by molar-refractivity contribution is 7.89. The molecule has 0 unspecified atom stereocenters. The van der Waals surface area contributed by atoms with E-state index >= 15 is 0 Å². The van der Waals surface area contributed by atoms with Crippen molar-refractivity contribution < 1.29 is 27.5 Å². The number of methoxy groups -OCH3 is 2. The van der Waals surface area contributed by atoms with Crippen LogP contribution >= 0.6 is 0 Å². The third-order valence-corrected chi connectivity index (χ3v) is 6.82. The summed E-state index contributed by atoms with van der Waals surface area (Å²) in [6.07, 6.45) is 0.0740. The first-order chi connectivity index (χ1) is 14.2. The van der Waals surface area contributed by atoms with E-state index in [2.05, 4.69) is 5.32 Å². The molecule has 1 fully saturated rings. The van der Waals surface area contributed by atoms with Gasteiger partial charge in [-0.3, -0.25) is 9.59 Å². The van der Waals surface area contributed by atoms with Crippen LogP contribution in [-0.2, 0) is 19.6 Å². The molecule has 0 bridgehead atoms. The van der Waals surface area contributed by atoms with Gasteiger partial charge in [0.05, 0.1) is 24.8 Å². The number of benzene rings is 2. The Morgan fingerprint density at radius 1 is 1.07 bits per heavy atom. The molecule has 2 aromatic carbocycles. The number of carbonyl (C=O) groups is 2. The van der Waals surface area contributed by atoms with Crippen LogP contribution in [0.4, 0.5) is 5.69 Å². The summed E-state index contributed by atoms with van der Waals surface area (Å²) >= 11 is 0. The zero-order valence-electron chi connectivity index (χ0n) is 17.3. The van der Waals surface area contributed by atoms with Crippen LogP contribution in [0.25, 0.3) is 0 Å². The number of nitrogens with one attached hydrogen (secondary N) is 1. The number of hydrogen-bond acceptors (Lipinski definition) is 6. The number of anilines is 1. The Morgan fingerprint density at radius 3 is 2.37 bits per heavy atom. The van der Waals surface area contributed by atoms with Crippen molar-refractivity contribution in [1.82, 2.24) is 4.31 Å². The molecule has 1 heterocycles. The highest BCUT2D eigenvalue weighted by Crippen LogP contribution is 2.31.